The first kappa shape index (κ1) is 9.55. The number of hydrogen-bond donors (Lipinski definition) is 1. The number of hydrogen-bond acceptors (Lipinski definition) is 3. The van der Waals surface area contributed by atoms with Gasteiger partial charge in [0.05, 0.1) is 13.7 Å². The summed E-state index contributed by atoms with van der Waals surface area (Å²) >= 11 is 3.45. The van der Waals surface area contributed by atoms with E-state index in [9.17, 15) is 0 Å². The Morgan fingerprint density at radius 3 is 2.93 bits per heavy atom. The third-order valence-electron chi connectivity index (χ3n) is 2.07. The maximum Gasteiger partial charge on any atom is 0.177 e. The molecule has 3 nitrogen and oxygen atoms in total. The quantitative estimate of drug-likeness (QED) is 0.898. The molecule has 0 saturated heterocycles. The molecule has 0 aliphatic rings. The van der Waals surface area contributed by atoms with Gasteiger partial charge in [0.15, 0.2) is 11.3 Å². The van der Waals surface area contributed by atoms with Crippen LogP contribution >= 0.6 is 15.9 Å². The highest BCUT2D eigenvalue weighted by Crippen LogP contribution is 2.33. The van der Waals surface area contributed by atoms with Crippen LogP contribution in [0.25, 0.3) is 11.0 Å². The zero-order chi connectivity index (χ0) is 10.1. The molecule has 0 radical (unpaired) electrons. The monoisotopic (exact) mass is 255 g/mol. The highest BCUT2D eigenvalue weighted by Gasteiger charge is 2.10. The molecular formula is C10H10BrNO2. The van der Waals surface area contributed by atoms with Gasteiger partial charge in [0, 0.05) is 9.86 Å². The van der Waals surface area contributed by atoms with E-state index in [1.807, 2.05) is 18.2 Å². The molecule has 0 bridgehead atoms. The summed E-state index contributed by atoms with van der Waals surface area (Å²) in [5.41, 5.74) is 6.24. The zero-order valence-corrected chi connectivity index (χ0v) is 9.30. The Labute approximate surface area is 90.0 Å². The molecule has 1 aromatic carbocycles. The normalized spacial score (nSPS) is 10.8. The van der Waals surface area contributed by atoms with Crippen LogP contribution in [0.4, 0.5) is 0 Å². The Kier molecular flexibility index (Phi) is 2.48. The molecule has 1 heterocycles. The maximum atomic E-state index is 5.54. The molecule has 0 atom stereocenters. The van der Waals surface area contributed by atoms with Crippen molar-refractivity contribution in [1.29, 1.82) is 0 Å². The number of halogens is 1. The van der Waals surface area contributed by atoms with Crippen molar-refractivity contribution in [3.8, 4) is 5.75 Å². The van der Waals surface area contributed by atoms with Crippen LogP contribution in [0.2, 0.25) is 0 Å². The summed E-state index contributed by atoms with van der Waals surface area (Å²) in [6.45, 7) is 0.393. The highest BCUT2D eigenvalue weighted by molar-refractivity contribution is 9.10. The molecule has 74 valence electrons. The predicted octanol–water partition coefficient (Wildman–Crippen LogP) is 2.66. The van der Waals surface area contributed by atoms with Crippen molar-refractivity contribution in [3.63, 3.8) is 0 Å². The van der Waals surface area contributed by atoms with Gasteiger partial charge in [-0.15, -0.1) is 0 Å². The second kappa shape index (κ2) is 3.63. The second-order valence-corrected chi connectivity index (χ2v) is 3.76. The van der Waals surface area contributed by atoms with Crippen LogP contribution in [-0.2, 0) is 6.54 Å². The van der Waals surface area contributed by atoms with Crippen molar-refractivity contribution in [2.45, 2.75) is 6.54 Å². The van der Waals surface area contributed by atoms with Crippen molar-refractivity contribution < 1.29 is 9.15 Å². The standard InChI is InChI=1S/C10H10BrNO2/c1-13-9-3-2-8(11)7-4-6(5-12)14-10(7)9/h2-4H,5,12H2,1H3. The molecule has 2 rings (SSSR count). The molecule has 0 saturated carbocycles. The van der Waals surface area contributed by atoms with Crippen LogP contribution in [0.15, 0.2) is 27.1 Å². The van der Waals surface area contributed by atoms with Crippen molar-refractivity contribution in [2.24, 2.45) is 5.73 Å². The van der Waals surface area contributed by atoms with Crippen molar-refractivity contribution >= 4 is 26.9 Å². The minimum Gasteiger partial charge on any atom is -0.493 e. The molecule has 0 unspecified atom stereocenters. The fourth-order valence-electron chi connectivity index (χ4n) is 1.38. The number of benzene rings is 1. The molecule has 0 spiro atoms. The third kappa shape index (κ3) is 1.40. The molecular weight excluding hydrogens is 246 g/mol. The van der Waals surface area contributed by atoms with Crippen LogP contribution in [0.1, 0.15) is 5.76 Å². The van der Waals surface area contributed by atoms with E-state index < -0.39 is 0 Å². The molecule has 14 heavy (non-hydrogen) atoms. The minimum absolute atomic E-state index is 0.393. The van der Waals surface area contributed by atoms with E-state index in [1.165, 1.54) is 0 Å². The van der Waals surface area contributed by atoms with E-state index in [2.05, 4.69) is 15.9 Å². The average molecular weight is 256 g/mol. The highest BCUT2D eigenvalue weighted by atomic mass is 79.9. The van der Waals surface area contributed by atoms with Gasteiger partial charge in [0.1, 0.15) is 5.76 Å². The summed E-state index contributed by atoms with van der Waals surface area (Å²) in [5, 5.41) is 0.991. The van der Waals surface area contributed by atoms with Gasteiger partial charge >= 0.3 is 0 Å². The van der Waals surface area contributed by atoms with Crippen molar-refractivity contribution in [2.75, 3.05) is 7.11 Å². The number of fused-ring (bicyclic) bond motifs is 1. The summed E-state index contributed by atoms with van der Waals surface area (Å²) in [4.78, 5) is 0. The molecule has 2 N–H and O–H groups in total. The van der Waals surface area contributed by atoms with Crippen LogP contribution in [0.3, 0.4) is 0 Å². The van der Waals surface area contributed by atoms with E-state index >= 15 is 0 Å². The van der Waals surface area contributed by atoms with Gasteiger partial charge in [0.2, 0.25) is 0 Å². The van der Waals surface area contributed by atoms with Crippen LogP contribution in [0.5, 0.6) is 5.75 Å². The summed E-state index contributed by atoms with van der Waals surface area (Å²) < 4.78 is 11.7. The number of nitrogens with two attached hydrogens (primary N) is 1. The molecule has 0 aliphatic carbocycles. The fourth-order valence-corrected chi connectivity index (χ4v) is 1.80. The molecule has 0 aliphatic heterocycles. The molecule has 2 aromatic rings. The SMILES string of the molecule is COc1ccc(Br)c2cc(CN)oc12. The number of ether oxygens (including phenoxy) is 1. The number of rotatable bonds is 2. The van der Waals surface area contributed by atoms with E-state index in [0.717, 1.165) is 27.0 Å². The second-order valence-electron chi connectivity index (χ2n) is 2.91. The lowest BCUT2D eigenvalue weighted by Crippen LogP contribution is -1.92. The summed E-state index contributed by atoms with van der Waals surface area (Å²) in [6.07, 6.45) is 0. The first-order chi connectivity index (χ1) is 6.76. The summed E-state index contributed by atoms with van der Waals surface area (Å²) in [6, 6.07) is 5.70. The van der Waals surface area contributed by atoms with Gasteiger partial charge in [-0.3, -0.25) is 0 Å². The Bertz CT molecular complexity index is 464. The average Bonchev–Trinajstić information content (AvgIpc) is 2.63. The smallest absolute Gasteiger partial charge is 0.177 e. The Morgan fingerprint density at radius 1 is 1.50 bits per heavy atom. The first-order valence-corrected chi connectivity index (χ1v) is 5.00. The third-order valence-corrected chi connectivity index (χ3v) is 2.76. The minimum atomic E-state index is 0.393. The molecule has 0 amide bonds. The van der Waals surface area contributed by atoms with E-state index in [4.69, 9.17) is 14.9 Å². The zero-order valence-electron chi connectivity index (χ0n) is 7.71. The summed E-state index contributed by atoms with van der Waals surface area (Å²) in [5.74, 6) is 1.48. The van der Waals surface area contributed by atoms with Gasteiger partial charge in [0.25, 0.3) is 0 Å². The van der Waals surface area contributed by atoms with Gasteiger partial charge in [-0.1, -0.05) is 15.9 Å². The molecule has 1 aromatic heterocycles. The Hall–Kier alpha value is -1.00. The summed E-state index contributed by atoms with van der Waals surface area (Å²) in [7, 11) is 1.62. The molecule has 4 heteroatoms. The lowest BCUT2D eigenvalue weighted by molar-refractivity contribution is 0.407. The lowest BCUT2D eigenvalue weighted by Gasteiger charge is -2.00. The Morgan fingerprint density at radius 2 is 2.29 bits per heavy atom. The van der Waals surface area contributed by atoms with Crippen molar-refractivity contribution in [3.05, 3.63) is 28.4 Å². The van der Waals surface area contributed by atoms with E-state index in [0.29, 0.717) is 6.54 Å². The van der Waals surface area contributed by atoms with Crippen LogP contribution < -0.4 is 10.5 Å². The topological polar surface area (TPSA) is 48.4 Å². The maximum absolute atomic E-state index is 5.54. The number of furan rings is 1. The van der Waals surface area contributed by atoms with Gasteiger partial charge in [-0.25, -0.2) is 0 Å². The van der Waals surface area contributed by atoms with Gasteiger partial charge in [-0.05, 0) is 18.2 Å². The predicted molar refractivity (Wildman–Crippen MR) is 58.4 cm³/mol. The van der Waals surface area contributed by atoms with Gasteiger partial charge < -0.3 is 14.9 Å². The Balaban J connectivity index is 2.74. The number of methoxy groups -OCH3 is 1. The first-order valence-electron chi connectivity index (χ1n) is 4.21. The van der Waals surface area contributed by atoms with Gasteiger partial charge in [-0.2, -0.15) is 0 Å². The van der Waals surface area contributed by atoms with Crippen molar-refractivity contribution in [1.82, 2.24) is 0 Å². The van der Waals surface area contributed by atoms with E-state index in [-0.39, 0.29) is 0 Å². The largest absolute Gasteiger partial charge is 0.493 e. The fraction of sp³-hybridized carbons (Fsp3) is 0.200. The molecule has 0 fully saturated rings. The lowest BCUT2D eigenvalue weighted by atomic mass is 10.2. The van der Waals surface area contributed by atoms with E-state index in [1.54, 1.807) is 7.11 Å². The van der Waals surface area contributed by atoms with Crippen LogP contribution in [0, 0.1) is 0 Å². The van der Waals surface area contributed by atoms with Crippen LogP contribution in [-0.4, -0.2) is 7.11 Å².